The lowest BCUT2D eigenvalue weighted by Gasteiger charge is -2.50. The maximum atomic E-state index is 2.69. The molecule has 11 rings (SSSR count). The highest BCUT2D eigenvalue weighted by Gasteiger charge is 2.48. The summed E-state index contributed by atoms with van der Waals surface area (Å²) in [5, 5.41) is 2.62. The molecule has 0 radical (unpaired) electrons. The van der Waals surface area contributed by atoms with E-state index in [1.54, 1.807) is 0 Å². The van der Waals surface area contributed by atoms with Crippen molar-refractivity contribution in [3.8, 4) is 0 Å². The van der Waals surface area contributed by atoms with Crippen LogP contribution in [-0.2, 0) is 6.42 Å². The van der Waals surface area contributed by atoms with Gasteiger partial charge in [0.1, 0.15) is 0 Å². The maximum absolute atomic E-state index is 2.69. The Morgan fingerprint density at radius 2 is 0.982 bits per heavy atom. The van der Waals surface area contributed by atoms with Gasteiger partial charge in [0.05, 0.1) is 22.7 Å². The Balaban J connectivity index is 1.34. The summed E-state index contributed by atoms with van der Waals surface area (Å²) in [6, 6.07) is 38.3. The van der Waals surface area contributed by atoms with Gasteiger partial charge in [-0.2, -0.15) is 0 Å². The number of nitrogens with zero attached hydrogens (tertiary/aromatic N) is 2. The zero-order valence-electron chi connectivity index (χ0n) is 33.9. The van der Waals surface area contributed by atoms with Crippen LogP contribution in [0.3, 0.4) is 0 Å². The number of hydrogen-bond acceptors (Lipinski definition) is 2. The first-order chi connectivity index (χ1) is 27.1. The fourth-order valence-corrected chi connectivity index (χ4v) is 11.5. The monoisotopic (exact) mass is 720 g/mol. The van der Waals surface area contributed by atoms with Crippen LogP contribution in [0.5, 0.6) is 0 Å². The fourth-order valence-electron chi connectivity index (χ4n) is 11.5. The van der Waals surface area contributed by atoms with Crippen molar-refractivity contribution in [3.05, 3.63) is 159 Å². The van der Waals surface area contributed by atoms with E-state index in [2.05, 4.69) is 174 Å². The van der Waals surface area contributed by atoms with Crippen molar-refractivity contribution in [2.75, 3.05) is 9.80 Å². The van der Waals surface area contributed by atoms with Gasteiger partial charge in [-0.05, 0) is 136 Å². The SMILES string of the molecule is Cc1cc(C)c(B2c3cc(C)ccc3N3c4cc5ccccc5c5c4N(c4ccc(C)cc4B5c4c(C)cc(C)cc4C)c4cc5c(c2c43)CCC=C5)c(C)c1. The third kappa shape index (κ3) is 4.53. The van der Waals surface area contributed by atoms with Gasteiger partial charge in [-0.3, -0.25) is 0 Å². The summed E-state index contributed by atoms with van der Waals surface area (Å²) >= 11 is 0. The molecule has 3 aliphatic heterocycles. The van der Waals surface area contributed by atoms with Gasteiger partial charge in [0.15, 0.2) is 0 Å². The maximum Gasteiger partial charge on any atom is 0.248 e. The average molecular weight is 721 g/mol. The Hall–Kier alpha value is -5.73. The number of benzene rings is 7. The molecule has 0 amide bonds. The van der Waals surface area contributed by atoms with Gasteiger partial charge in [0.2, 0.25) is 13.4 Å². The van der Waals surface area contributed by atoms with Gasteiger partial charge in [-0.25, -0.2) is 0 Å². The smallest absolute Gasteiger partial charge is 0.248 e. The van der Waals surface area contributed by atoms with Crippen molar-refractivity contribution in [2.45, 2.75) is 68.2 Å². The number of hydrogen-bond donors (Lipinski definition) is 0. The molecule has 7 aromatic rings. The predicted molar refractivity (Wildman–Crippen MR) is 244 cm³/mol. The first-order valence-corrected chi connectivity index (χ1v) is 20.5. The number of aryl methyl sites for hydroxylation is 8. The summed E-state index contributed by atoms with van der Waals surface area (Å²) in [6.45, 7) is 18.5. The molecule has 0 aromatic heterocycles. The molecule has 0 saturated carbocycles. The minimum atomic E-state index is 0.0769. The van der Waals surface area contributed by atoms with Crippen LogP contribution >= 0.6 is 0 Å². The van der Waals surface area contributed by atoms with Crippen molar-refractivity contribution >= 4 is 97.2 Å². The highest BCUT2D eigenvalue weighted by atomic mass is 15.3. The Bertz CT molecular complexity index is 2890. The lowest BCUT2D eigenvalue weighted by atomic mass is 9.32. The molecule has 0 spiro atoms. The quantitative estimate of drug-likeness (QED) is 0.165. The van der Waals surface area contributed by atoms with Gasteiger partial charge in [-0.15, -0.1) is 0 Å². The summed E-state index contributed by atoms with van der Waals surface area (Å²) in [4.78, 5) is 5.38. The Labute approximate surface area is 332 Å². The second-order valence-corrected chi connectivity index (χ2v) is 17.3. The summed E-state index contributed by atoms with van der Waals surface area (Å²) in [5.41, 5.74) is 30.0. The van der Waals surface area contributed by atoms with E-state index in [-0.39, 0.29) is 13.4 Å². The van der Waals surface area contributed by atoms with E-state index >= 15 is 0 Å². The molecule has 270 valence electrons. The van der Waals surface area contributed by atoms with Gasteiger partial charge in [-0.1, -0.05) is 140 Å². The molecule has 1 aliphatic carbocycles. The van der Waals surface area contributed by atoms with Gasteiger partial charge in [0.25, 0.3) is 0 Å². The zero-order chi connectivity index (χ0) is 38.3. The normalized spacial score (nSPS) is 14.4. The minimum absolute atomic E-state index is 0.0769. The highest BCUT2D eigenvalue weighted by molar-refractivity contribution is 7.01. The number of rotatable bonds is 2. The molecule has 4 heteroatoms. The lowest BCUT2D eigenvalue weighted by molar-refractivity contribution is 0.989. The number of fused-ring (bicyclic) bond motifs is 10. The summed E-state index contributed by atoms with van der Waals surface area (Å²) in [6.07, 6.45) is 6.91. The fraction of sp³-hybridized carbons (Fsp3) is 0.192. The lowest BCUT2D eigenvalue weighted by Crippen LogP contribution is -2.62. The molecule has 0 fully saturated rings. The molecule has 0 unspecified atom stereocenters. The molecular weight excluding hydrogens is 674 g/mol. The van der Waals surface area contributed by atoms with Gasteiger partial charge < -0.3 is 9.80 Å². The largest absolute Gasteiger partial charge is 0.307 e. The van der Waals surface area contributed by atoms with Crippen LogP contribution in [0.1, 0.15) is 62.1 Å². The Morgan fingerprint density at radius 3 is 1.57 bits per heavy atom. The first kappa shape index (κ1) is 33.6. The Morgan fingerprint density at radius 1 is 0.464 bits per heavy atom. The predicted octanol–water partition coefficient (Wildman–Crippen LogP) is 9.18. The standard InChI is InChI=1S/C52H46B2N2/c1-29-17-19-43-41(25-29)53(47-33(5)21-31(3)22-34(47)6)49-39-15-11-9-13-37(39)28-46-51(49)55(43)45-27-38-14-10-12-16-40(38)50-52(45)56(46)44-20-18-30(2)26-42(44)54(50)48-35(7)23-32(4)24-36(48)8/h9-11,13-15,17-28H,12,16H2,1-8H3. The van der Waals surface area contributed by atoms with E-state index in [0.29, 0.717) is 0 Å². The average Bonchev–Trinajstić information content (AvgIpc) is 3.16. The molecular formula is C52H46B2N2. The second kappa shape index (κ2) is 11.9. The number of anilines is 6. The molecule has 2 nitrogen and oxygen atoms in total. The van der Waals surface area contributed by atoms with Crippen molar-refractivity contribution < 1.29 is 0 Å². The molecule has 56 heavy (non-hydrogen) atoms. The van der Waals surface area contributed by atoms with Crippen LogP contribution in [0.2, 0.25) is 0 Å². The van der Waals surface area contributed by atoms with E-state index < -0.39 is 0 Å². The molecule has 0 atom stereocenters. The van der Waals surface area contributed by atoms with Crippen LogP contribution in [0.25, 0.3) is 16.8 Å². The van der Waals surface area contributed by atoms with Crippen molar-refractivity contribution in [1.29, 1.82) is 0 Å². The highest BCUT2D eigenvalue weighted by Crippen LogP contribution is 2.57. The summed E-state index contributed by atoms with van der Waals surface area (Å²) in [5.74, 6) is 0. The van der Waals surface area contributed by atoms with E-state index in [0.717, 1.165) is 12.8 Å². The Kier molecular flexibility index (Phi) is 7.13. The van der Waals surface area contributed by atoms with Crippen molar-refractivity contribution in [3.63, 3.8) is 0 Å². The zero-order valence-corrected chi connectivity index (χ0v) is 33.9. The molecule has 0 saturated heterocycles. The number of allylic oxidation sites excluding steroid dienone is 1. The van der Waals surface area contributed by atoms with Crippen LogP contribution in [0.15, 0.2) is 103 Å². The van der Waals surface area contributed by atoms with E-state index in [4.69, 9.17) is 0 Å². The molecule has 3 heterocycles. The van der Waals surface area contributed by atoms with Crippen LogP contribution in [0, 0.1) is 55.4 Å². The summed E-state index contributed by atoms with van der Waals surface area (Å²) in [7, 11) is 0. The van der Waals surface area contributed by atoms with Crippen LogP contribution in [-0.4, -0.2) is 13.4 Å². The molecule has 4 aliphatic rings. The second-order valence-electron chi connectivity index (χ2n) is 17.3. The van der Waals surface area contributed by atoms with Gasteiger partial charge >= 0.3 is 0 Å². The third-order valence-corrected chi connectivity index (χ3v) is 13.4. The van der Waals surface area contributed by atoms with Crippen LogP contribution < -0.4 is 42.6 Å². The molecule has 7 aromatic carbocycles. The van der Waals surface area contributed by atoms with Crippen LogP contribution in [0.4, 0.5) is 34.1 Å². The molecule has 0 N–H and O–H groups in total. The minimum Gasteiger partial charge on any atom is -0.307 e. The van der Waals surface area contributed by atoms with E-state index in [9.17, 15) is 0 Å². The first-order valence-electron chi connectivity index (χ1n) is 20.5. The van der Waals surface area contributed by atoms with E-state index in [1.807, 2.05) is 0 Å². The van der Waals surface area contributed by atoms with Gasteiger partial charge in [0, 0.05) is 11.4 Å². The van der Waals surface area contributed by atoms with Crippen molar-refractivity contribution in [1.82, 2.24) is 0 Å². The van der Waals surface area contributed by atoms with E-state index in [1.165, 1.54) is 133 Å². The molecule has 0 bridgehead atoms. The topological polar surface area (TPSA) is 6.48 Å². The third-order valence-electron chi connectivity index (χ3n) is 13.4. The summed E-state index contributed by atoms with van der Waals surface area (Å²) < 4.78 is 0. The van der Waals surface area contributed by atoms with Crippen molar-refractivity contribution in [2.24, 2.45) is 0 Å².